The van der Waals surface area contributed by atoms with Crippen LogP contribution in [0.3, 0.4) is 0 Å². The smallest absolute Gasteiger partial charge is 0.411 e. The van der Waals surface area contributed by atoms with Crippen LogP contribution in [0, 0.1) is 5.92 Å². The third-order valence-electron chi connectivity index (χ3n) is 4.37. The third-order valence-corrected chi connectivity index (χ3v) is 5.52. The largest absolute Gasteiger partial charge is 0.480 e. The Morgan fingerprint density at radius 3 is 2.50 bits per heavy atom. The van der Waals surface area contributed by atoms with Crippen molar-refractivity contribution in [1.82, 2.24) is 4.90 Å². The van der Waals surface area contributed by atoms with Crippen LogP contribution in [-0.2, 0) is 25.7 Å². The van der Waals surface area contributed by atoms with Gasteiger partial charge in [-0.2, -0.15) is 0 Å². The molecule has 1 amide bonds. The quantitative estimate of drug-likeness (QED) is 0.614. The number of hydrogen-bond donors (Lipinski definition) is 1. The van der Waals surface area contributed by atoms with Crippen LogP contribution in [0.2, 0.25) is 0 Å². The molecule has 2 saturated heterocycles. The molecule has 1 aromatic rings. The number of hydrogen-bond acceptors (Lipinski definition) is 5. The number of rotatable bonds is 4. The third kappa shape index (κ3) is 2.75. The summed E-state index contributed by atoms with van der Waals surface area (Å²) in [5.74, 6) is -2.13. The van der Waals surface area contributed by atoms with Crippen molar-refractivity contribution >= 4 is 34.0 Å². The highest BCUT2D eigenvalue weighted by Gasteiger charge is 2.70. The van der Waals surface area contributed by atoms with Gasteiger partial charge in [0.05, 0.1) is 6.04 Å². The number of fused-ring (bicyclic) bond motifs is 1. The molecule has 2 heterocycles. The number of carbonyl (C=O) groups excluding carboxylic acids is 2. The van der Waals surface area contributed by atoms with Crippen molar-refractivity contribution < 1.29 is 29.0 Å². The molecule has 0 spiro atoms. The fraction of sp³-hybridized carbons (Fsp3) is 0.438. The molecule has 3 aliphatic rings. The van der Waals surface area contributed by atoms with Gasteiger partial charge in [0.2, 0.25) is 0 Å². The summed E-state index contributed by atoms with van der Waals surface area (Å²) < 4.78 is 10.4. The topological polar surface area (TPSA) is 93.1 Å². The molecule has 2 bridgehead atoms. The summed E-state index contributed by atoms with van der Waals surface area (Å²) in [5, 5.41) is 9.47. The molecule has 8 heteroatoms. The van der Waals surface area contributed by atoms with Crippen molar-refractivity contribution in [1.29, 1.82) is 0 Å². The highest BCUT2D eigenvalue weighted by Crippen LogP contribution is 2.52. The van der Waals surface area contributed by atoms with Gasteiger partial charge in [-0.15, -0.1) is 0 Å². The highest BCUT2D eigenvalue weighted by molar-refractivity contribution is 9.09. The Kier molecular flexibility index (Phi) is 4.49. The maximum absolute atomic E-state index is 12.4. The van der Waals surface area contributed by atoms with Gasteiger partial charge in [0.1, 0.15) is 18.8 Å². The van der Waals surface area contributed by atoms with Gasteiger partial charge in [0, 0.05) is 17.7 Å². The molecule has 0 unspecified atom stereocenters. The molecule has 128 valence electrons. The molecule has 1 aromatic carbocycles. The molecule has 0 aromatic heterocycles. The van der Waals surface area contributed by atoms with E-state index in [9.17, 15) is 19.5 Å². The number of amides is 1. The number of esters is 1. The first-order chi connectivity index (χ1) is 11.4. The Morgan fingerprint density at radius 1 is 1.25 bits per heavy atom. The number of halogens is 1. The van der Waals surface area contributed by atoms with Crippen LogP contribution in [0.1, 0.15) is 12.5 Å². The fourth-order valence-electron chi connectivity index (χ4n) is 3.36. The van der Waals surface area contributed by atoms with E-state index in [0.717, 1.165) is 5.56 Å². The van der Waals surface area contributed by atoms with Gasteiger partial charge < -0.3 is 14.6 Å². The van der Waals surface area contributed by atoms with E-state index in [1.165, 1.54) is 11.8 Å². The fourth-order valence-corrected chi connectivity index (χ4v) is 4.51. The molecule has 7 nitrogen and oxygen atoms in total. The Balaban J connectivity index is 1.74. The predicted octanol–water partition coefficient (Wildman–Crippen LogP) is 1.79. The van der Waals surface area contributed by atoms with E-state index < -0.39 is 42.1 Å². The minimum Gasteiger partial charge on any atom is -0.480 e. The number of carboxylic acid groups (broad SMARTS) is 1. The van der Waals surface area contributed by atoms with Crippen LogP contribution < -0.4 is 0 Å². The van der Waals surface area contributed by atoms with Crippen molar-refractivity contribution in [2.75, 3.05) is 0 Å². The molecular formula is C16H16BrNO6. The van der Waals surface area contributed by atoms with Gasteiger partial charge in [-0.3, -0.25) is 9.69 Å². The lowest BCUT2D eigenvalue weighted by Gasteiger charge is -2.39. The summed E-state index contributed by atoms with van der Waals surface area (Å²) in [6.07, 6.45) is -1.35. The second kappa shape index (κ2) is 6.43. The number of alkyl halides is 1. The number of nitrogens with zero attached hydrogens (tertiary/aromatic N) is 1. The van der Waals surface area contributed by atoms with E-state index >= 15 is 0 Å². The van der Waals surface area contributed by atoms with E-state index in [2.05, 4.69) is 15.9 Å². The molecule has 0 radical (unpaired) electrons. The SMILES string of the molecule is CC(=O)O[C@H]1[C@@H]2[C@H](Br)[C@H]1N(C(=O)OCc1ccccc1)[C@H]2C(=O)O. The lowest BCUT2D eigenvalue weighted by atomic mass is 9.79. The second-order valence-electron chi connectivity index (χ2n) is 5.82. The van der Waals surface area contributed by atoms with Gasteiger partial charge in [-0.05, 0) is 5.56 Å². The summed E-state index contributed by atoms with van der Waals surface area (Å²) in [6, 6.07) is 7.49. The first kappa shape index (κ1) is 16.8. The van der Waals surface area contributed by atoms with Crippen LogP contribution in [0.15, 0.2) is 30.3 Å². The van der Waals surface area contributed by atoms with Crippen molar-refractivity contribution in [3.8, 4) is 0 Å². The van der Waals surface area contributed by atoms with E-state index in [0.29, 0.717) is 0 Å². The molecule has 1 saturated carbocycles. The summed E-state index contributed by atoms with van der Waals surface area (Å²) >= 11 is 3.39. The van der Waals surface area contributed by atoms with Gasteiger partial charge in [0.15, 0.2) is 0 Å². The maximum atomic E-state index is 12.4. The zero-order chi connectivity index (χ0) is 17.4. The lowest BCUT2D eigenvalue weighted by molar-refractivity contribution is -0.155. The lowest BCUT2D eigenvalue weighted by Crippen LogP contribution is -2.56. The van der Waals surface area contributed by atoms with Crippen LogP contribution in [0.25, 0.3) is 0 Å². The van der Waals surface area contributed by atoms with Crippen molar-refractivity contribution in [2.45, 2.75) is 36.5 Å². The molecule has 3 fully saturated rings. The number of benzene rings is 1. The molecular weight excluding hydrogens is 382 g/mol. The van der Waals surface area contributed by atoms with Gasteiger partial charge in [0.25, 0.3) is 0 Å². The van der Waals surface area contributed by atoms with Gasteiger partial charge >= 0.3 is 18.0 Å². The highest BCUT2D eigenvalue weighted by atomic mass is 79.9. The summed E-state index contributed by atoms with van der Waals surface area (Å²) in [5.41, 5.74) is 0.802. The predicted molar refractivity (Wildman–Crippen MR) is 85.4 cm³/mol. The monoisotopic (exact) mass is 397 g/mol. The summed E-state index contributed by atoms with van der Waals surface area (Å²) in [4.78, 5) is 36.2. The molecule has 1 N–H and O–H groups in total. The van der Waals surface area contributed by atoms with E-state index in [-0.39, 0.29) is 11.4 Å². The Morgan fingerprint density at radius 2 is 1.92 bits per heavy atom. The molecule has 5 atom stereocenters. The Hall–Kier alpha value is -2.09. The number of aliphatic carboxylic acids is 1. The molecule has 24 heavy (non-hydrogen) atoms. The molecule has 1 aliphatic carbocycles. The van der Waals surface area contributed by atoms with Crippen LogP contribution in [0.4, 0.5) is 4.79 Å². The number of carbonyl (C=O) groups is 3. The zero-order valence-electron chi connectivity index (χ0n) is 12.8. The number of carboxylic acids is 1. The van der Waals surface area contributed by atoms with Gasteiger partial charge in [-0.25, -0.2) is 9.59 Å². The van der Waals surface area contributed by atoms with Crippen molar-refractivity contribution in [2.24, 2.45) is 5.92 Å². The first-order valence-corrected chi connectivity index (χ1v) is 8.36. The van der Waals surface area contributed by atoms with E-state index in [1.54, 1.807) is 12.1 Å². The van der Waals surface area contributed by atoms with Gasteiger partial charge in [-0.1, -0.05) is 46.3 Å². The van der Waals surface area contributed by atoms with Crippen LogP contribution in [0.5, 0.6) is 0 Å². The van der Waals surface area contributed by atoms with E-state index in [1.807, 2.05) is 18.2 Å². The first-order valence-electron chi connectivity index (χ1n) is 7.45. The Bertz CT molecular complexity index is 666. The summed E-state index contributed by atoms with van der Waals surface area (Å²) in [7, 11) is 0. The van der Waals surface area contributed by atoms with E-state index in [4.69, 9.17) is 9.47 Å². The Labute approximate surface area is 146 Å². The molecule has 2 aliphatic heterocycles. The van der Waals surface area contributed by atoms with Crippen molar-refractivity contribution in [3.05, 3.63) is 35.9 Å². The van der Waals surface area contributed by atoms with Crippen LogP contribution in [-0.4, -0.2) is 51.1 Å². The van der Waals surface area contributed by atoms with Crippen molar-refractivity contribution in [3.63, 3.8) is 0 Å². The zero-order valence-corrected chi connectivity index (χ0v) is 14.4. The summed E-state index contributed by atoms with van der Waals surface area (Å²) in [6.45, 7) is 1.31. The minimum atomic E-state index is -1.14. The average molecular weight is 398 g/mol. The number of ether oxygens (including phenoxy) is 2. The molecule has 4 rings (SSSR count). The second-order valence-corrected chi connectivity index (χ2v) is 6.87. The minimum absolute atomic E-state index is 0.0467. The normalized spacial score (nSPS) is 30.4. The standard InChI is InChI=1S/C16H16BrNO6/c1-8(19)24-14-10-11(17)13(14)18(12(10)15(20)21)16(22)23-7-9-5-3-2-4-6-9/h2-6,10-14H,7H2,1H3,(H,20,21)/t10-,11+,12-,13-,14+/m1/s1. The maximum Gasteiger partial charge on any atom is 0.411 e. The van der Waals surface area contributed by atoms with Crippen LogP contribution >= 0.6 is 15.9 Å². The average Bonchev–Trinajstić information content (AvgIpc) is 3.05.